The summed E-state index contributed by atoms with van der Waals surface area (Å²) < 4.78 is 5.50. The number of likely N-dealkylation sites (tertiary alicyclic amines) is 1. The number of rotatable bonds is 4. The molecule has 2 heterocycles. The number of nitrogens with zero attached hydrogens (tertiary/aromatic N) is 3. The Morgan fingerprint density at radius 3 is 2.15 bits per heavy atom. The molecule has 0 bridgehead atoms. The Balaban J connectivity index is 1.54. The van der Waals surface area contributed by atoms with Crippen LogP contribution in [0, 0.1) is 11.3 Å². The molecule has 33 heavy (non-hydrogen) atoms. The second-order valence-corrected chi connectivity index (χ2v) is 11.8. The van der Waals surface area contributed by atoms with E-state index in [2.05, 4.69) is 60.9 Å². The molecule has 0 aliphatic carbocycles. The van der Waals surface area contributed by atoms with Crippen LogP contribution in [0.3, 0.4) is 0 Å². The summed E-state index contributed by atoms with van der Waals surface area (Å²) in [6, 6.07) is 10.8. The molecule has 1 atom stereocenters. The van der Waals surface area contributed by atoms with Crippen molar-refractivity contribution < 1.29 is 14.3 Å². The van der Waals surface area contributed by atoms with Crippen LogP contribution in [-0.4, -0.2) is 71.1 Å². The van der Waals surface area contributed by atoms with Crippen LogP contribution in [0.5, 0.6) is 0 Å². The standard InChI is InChI=1S/C27H43N3O3/c1-26(2,3)23-20-28(19-22-10-8-7-9-11-22)16-17-30(23)24(31)18-21-12-14-29(15-13-21)25(32)33-27(4,5)6/h7-11,21,23H,12-20H2,1-6H3. The average molecular weight is 458 g/mol. The lowest BCUT2D eigenvalue weighted by molar-refractivity contribution is -0.141. The number of amides is 2. The van der Waals surface area contributed by atoms with Gasteiger partial charge in [-0.05, 0) is 50.5 Å². The van der Waals surface area contributed by atoms with Crippen molar-refractivity contribution in [2.45, 2.75) is 79.0 Å². The van der Waals surface area contributed by atoms with E-state index in [4.69, 9.17) is 4.74 Å². The summed E-state index contributed by atoms with van der Waals surface area (Å²) in [6.45, 7) is 17.2. The predicted molar refractivity (Wildman–Crippen MR) is 132 cm³/mol. The lowest BCUT2D eigenvalue weighted by atomic mass is 9.83. The normalized spacial score (nSPS) is 21.2. The maximum Gasteiger partial charge on any atom is 0.410 e. The zero-order chi connectivity index (χ0) is 24.2. The van der Waals surface area contributed by atoms with E-state index in [1.807, 2.05) is 20.8 Å². The second-order valence-electron chi connectivity index (χ2n) is 11.8. The van der Waals surface area contributed by atoms with Crippen molar-refractivity contribution >= 4 is 12.0 Å². The first-order valence-electron chi connectivity index (χ1n) is 12.5. The maximum absolute atomic E-state index is 13.4. The SMILES string of the molecule is CC(C)(C)OC(=O)N1CCC(CC(=O)N2CCN(Cc3ccccc3)CC2C(C)(C)C)CC1. The molecule has 184 valence electrons. The van der Waals surface area contributed by atoms with E-state index >= 15 is 0 Å². The van der Waals surface area contributed by atoms with Gasteiger partial charge in [-0.2, -0.15) is 0 Å². The smallest absolute Gasteiger partial charge is 0.410 e. The molecule has 0 radical (unpaired) electrons. The summed E-state index contributed by atoms with van der Waals surface area (Å²) >= 11 is 0. The fourth-order valence-electron chi connectivity index (χ4n) is 4.87. The molecule has 2 saturated heterocycles. The zero-order valence-electron chi connectivity index (χ0n) is 21.5. The van der Waals surface area contributed by atoms with E-state index in [1.54, 1.807) is 4.90 Å². The molecule has 2 aliphatic rings. The lowest BCUT2D eigenvalue weighted by Crippen LogP contribution is -2.59. The number of hydrogen-bond donors (Lipinski definition) is 0. The van der Waals surface area contributed by atoms with Gasteiger partial charge in [-0.15, -0.1) is 0 Å². The first-order valence-corrected chi connectivity index (χ1v) is 12.5. The zero-order valence-corrected chi connectivity index (χ0v) is 21.5. The van der Waals surface area contributed by atoms with Gasteiger partial charge in [0.15, 0.2) is 0 Å². The lowest BCUT2D eigenvalue weighted by Gasteiger charge is -2.48. The van der Waals surface area contributed by atoms with Crippen LogP contribution in [0.25, 0.3) is 0 Å². The van der Waals surface area contributed by atoms with Crippen LogP contribution < -0.4 is 0 Å². The third-order valence-electron chi connectivity index (χ3n) is 6.76. The summed E-state index contributed by atoms with van der Waals surface area (Å²) in [6.07, 6.45) is 2.06. The monoisotopic (exact) mass is 457 g/mol. The Bertz CT molecular complexity index is 789. The molecule has 0 aromatic heterocycles. The van der Waals surface area contributed by atoms with E-state index in [-0.39, 0.29) is 23.5 Å². The third kappa shape index (κ3) is 7.46. The number of hydrogen-bond acceptors (Lipinski definition) is 4. The average Bonchev–Trinajstić information content (AvgIpc) is 2.73. The fourth-order valence-corrected chi connectivity index (χ4v) is 4.87. The summed E-state index contributed by atoms with van der Waals surface area (Å²) in [5, 5.41) is 0. The Kier molecular flexibility index (Phi) is 8.09. The Morgan fingerprint density at radius 2 is 1.58 bits per heavy atom. The minimum Gasteiger partial charge on any atom is -0.444 e. The summed E-state index contributed by atoms with van der Waals surface area (Å²) in [5.74, 6) is 0.601. The number of piperazine rings is 1. The molecule has 6 heteroatoms. The maximum atomic E-state index is 13.4. The molecule has 1 unspecified atom stereocenters. The highest BCUT2D eigenvalue weighted by Crippen LogP contribution is 2.31. The quantitative estimate of drug-likeness (QED) is 0.653. The van der Waals surface area contributed by atoms with Crippen molar-refractivity contribution in [3.63, 3.8) is 0 Å². The highest BCUT2D eigenvalue weighted by Gasteiger charge is 2.38. The van der Waals surface area contributed by atoms with Crippen LogP contribution in [0.4, 0.5) is 4.79 Å². The van der Waals surface area contributed by atoms with E-state index in [1.165, 1.54) is 5.56 Å². The van der Waals surface area contributed by atoms with Crippen LogP contribution >= 0.6 is 0 Å². The predicted octanol–water partition coefficient (Wildman–Crippen LogP) is 4.78. The molecule has 3 rings (SSSR count). The Hall–Kier alpha value is -2.08. The highest BCUT2D eigenvalue weighted by atomic mass is 16.6. The van der Waals surface area contributed by atoms with Gasteiger partial charge in [0.2, 0.25) is 5.91 Å². The van der Waals surface area contributed by atoms with Crippen LogP contribution in [0.1, 0.15) is 66.4 Å². The molecule has 2 aliphatic heterocycles. The Labute approximate surface area is 200 Å². The first kappa shape index (κ1) is 25.5. The second kappa shape index (κ2) is 10.5. The fraction of sp³-hybridized carbons (Fsp3) is 0.704. The van der Waals surface area contributed by atoms with Crippen LogP contribution in [0.15, 0.2) is 30.3 Å². The van der Waals surface area contributed by atoms with Crippen LogP contribution in [-0.2, 0) is 16.1 Å². The molecule has 0 N–H and O–H groups in total. The Morgan fingerprint density at radius 1 is 0.939 bits per heavy atom. The van der Waals surface area contributed by atoms with Crippen molar-refractivity contribution in [2.24, 2.45) is 11.3 Å². The van der Waals surface area contributed by atoms with Gasteiger partial charge in [0.1, 0.15) is 5.60 Å². The van der Waals surface area contributed by atoms with Gasteiger partial charge >= 0.3 is 6.09 Å². The van der Waals surface area contributed by atoms with Gasteiger partial charge in [-0.3, -0.25) is 9.69 Å². The minimum atomic E-state index is -0.478. The van der Waals surface area contributed by atoms with Gasteiger partial charge in [0.25, 0.3) is 0 Å². The molecule has 1 aromatic carbocycles. The van der Waals surface area contributed by atoms with Gasteiger partial charge in [0.05, 0.1) is 0 Å². The number of piperidine rings is 1. The van der Waals surface area contributed by atoms with E-state index in [9.17, 15) is 9.59 Å². The van der Waals surface area contributed by atoms with E-state index in [0.29, 0.717) is 25.4 Å². The number of benzene rings is 1. The van der Waals surface area contributed by atoms with Gasteiger partial charge in [-0.1, -0.05) is 51.1 Å². The molecular formula is C27H43N3O3. The largest absolute Gasteiger partial charge is 0.444 e. The summed E-state index contributed by atoms with van der Waals surface area (Å²) in [4.78, 5) is 32.1. The molecule has 6 nitrogen and oxygen atoms in total. The van der Waals surface area contributed by atoms with Crippen molar-refractivity contribution in [1.29, 1.82) is 0 Å². The molecule has 2 amide bonds. The van der Waals surface area contributed by atoms with Crippen molar-refractivity contribution in [3.05, 3.63) is 35.9 Å². The number of ether oxygens (including phenoxy) is 1. The van der Waals surface area contributed by atoms with Crippen molar-refractivity contribution in [1.82, 2.24) is 14.7 Å². The van der Waals surface area contributed by atoms with Crippen LogP contribution in [0.2, 0.25) is 0 Å². The van der Waals surface area contributed by atoms with Gasteiger partial charge in [-0.25, -0.2) is 4.79 Å². The molecule has 1 aromatic rings. The molecular weight excluding hydrogens is 414 g/mol. The summed E-state index contributed by atoms with van der Waals surface area (Å²) in [5.41, 5.74) is 0.862. The molecule has 0 spiro atoms. The van der Waals surface area contributed by atoms with E-state index < -0.39 is 5.60 Å². The van der Waals surface area contributed by atoms with Gasteiger partial charge < -0.3 is 14.5 Å². The third-order valence-corrected chi connectivity index (χ3v) is 6.76. The van der Waals surface area contributed by atoms with Crippen molar-refractivity contribution in [2.75, 3.05) is 32.7 Å². The number of carbonyl (C=O) groups excluding carboxylic acids is 2. The molecule has 0 saturated carbocycles. The first-order chi connectivity index (χ1) is 15.4. The summed E-state index contributed by atoms with van der Waals surface area (Å²) in [7, 11) is 0. The number of carbonyl (C=O) groups is 2. The van der Waals surface area contributed by atoms with Gasteiger partial charge in [0, 0.05) is 51.7 Å². The highest BCUT2D eigenvalue weighted by molar-refractivity contribution is 5.77. The molecule has 2 fully saturated rings. The minimum absolute atomic E-state index is 0.0189. The van der Waals surface area contributed by atoms with E-state index in [0.717, 1.165) is 39.0 Å². The van der Waals surface area contributed by atoms with Crippen molar-refractivity contribution in [3.8, 4) is 0 Å². The topological polar surface area (TPSA) is 53.1 Å².